The molecule has 2 unspecified atom stereocenters. The van der Waals surface area contributed by atoms with E-state index in [2.05, 4.69) is 34.2 Å². The van der Waals surface area contributed by atoms with Crippen LogP contribution in [0, 0.1) is 11.8 Å². The molecule has 2 atom stereocenters. The van der Waals surface area contributed by atoms with Gasteiger partial charge in [-0.25, -0.2) is 9.97 Å². The van der Waals surface area contributed by atoms with Crippen molar-refractivity contribution in [1.82, 2.24) is 9.97 Å². The first-order valence-corrected chi connectivity index (χ1v) is 6.81. The topological polar surface area (TPSA) is 25.8 Å². The highest BCUT2D eigenvalue weighted by Gasteiger charge is 2.37. The zero-order chi connectivity index (χ0) is 11.9. The summed E-state index contributed by atoms with van der Waals surface area (Å²) in [4.78, 5) is 8.35. The van der Waals surface area contributed by atoms with E-state index in [1.165, 1.54) is 31.2 Å². The van der Waals surface area contributed by atoms with E-state index >= 15 is 0 Å². The summed E-state index contributed by atoms with van der Waals surface area (Å²) in [6.45, 7) is 0. The number of benzene rings is 1. The second kappa shape index (κ2) is 3.91. The van der Waals surface area contributed by atoms with Gasteiger partial charge in [0.25, 0.3) is 0 Å². The molecule has 90 valence electrons. The minimum atomic E-state index is 0.881. The fourth-order valence-electron chi connectivity index (χ4n) is 3.49. The van der Waals surface area contributed by atoms with Crippen LogP contribution in [0.3, 0.4) is 0 Å². The van der Waals surface area contributed by atoms with E-state index in [9.17, 15) is 0 Å². The average molecular weight is 236 g/mol. The number of hydrogen-bond donors (Lipinski definition) is 0. The molecule has 2 bridgehead atoms. The molecule has 0 N–H and O–H groups in total. The number of allylic oxidation sites excluding steroid dienone is 1. The minimum absolute atomic E-state index is 0.881. The van der Waals surface area contributed by atoms with Crippen molar-refractivity contribution in [3.05, 3.63) is 41.9 Å². The molecule has 0 aliphatic heterocycles. The van der Waals surface area contributed by atoms with Crippen LogP contribution >= 0.6 is 0 Å². The maximum atomic E-state index is 4.26. The van der Waals surface area contributed by atoms with Crippen LogP contribution in [0.1, 0.15) is 31.2 Å². The number of nitrogens with zero attached hydrogens (tertiary/aromatic N) is 2. The zero-order valence-electron chi connectivity index (χ0n) is 10.3. The maximum Gasteiger partial charge on any atom is 0.116 e. The van der Waals surface area contributed by atoms with Crippen LogP contribution in [0.2, 0.25) is 0 Å². The van der Waals surface area contributed by atoms with E-state index in [0.29, 0.717) is 0 Å². The highest BCUT2D eigenvalue weighted by Crippen LogP contribution is 2.50. The second-order valence-corrected chi connectivity index (χ2v) is 5.55. The first-order chi connectivity index (χ1) is 8.90. The molecule has 2 fully saturated rings. The molecular weight excluding hydrogens is 220 g/mol. The molecule has 1 heterocycles. The van der Waals surface area contributed by atoms with Crippen molar-refractivity contribution >= 4 is 17.0 Å². The van der Waals surface area contributed by atoms with Gasteiger partial charge in [-0.1, -0.05) is 24.1 Å². The Labute approximate surface area is 107 Å². The number of hydrogen-bond acceptors (Lipinski definition) is 2. The van der Waals surface area contributed by atoms with Gasteiger partial charge in [0, 0.05) is 11.6 Å². The van der Waals surface area contributed by atoms with Crippen LogP contribution in [-0.2, 0) is 0 Å². The molecule has 2 heteroatoms. The van der Waals surface area contributed by atoms with Gasteiger partial charge >= 0.3 is 0 Å². The highest BCUT2D eigenvalue weighted by atomic mass is 14.8. The summed E-state index contributed by atoms with van der Waals surface area (Å²) in [7, 11) is 0. The summed E-state index contributed by atoms with van der Waals surface area (Å²) in [5.74, 6) is 1.76. The van der Waals surface area contributed by atoms with Gasteiger partial charge in [-0.3, -0.25) is 0 Å². The Morgan fingerprint density at radius 1 is 1.17 bits per heavy atom. The van der Waals surface area contributed by atoms with Crippen LogP contribution in [-0.4, -0.2) is 9.97 Å². The standard InChI is InChI=1S/C16H16N2/c1-2-12-8-13(3-1)15(12)7-11-4-5-16-14(6-11)9-17-10-18-16/h4-7,9-10,12-13H,1-3,8H2. The normalized spacial score (nSPS) is 25.9. The van der Waals surface area contributed by atoms with Gasteiger partial charge in [0.15, 0.2) is 0 Å². The Hall–Kier alpha value is -1.70. The van der Waals surface area contributed by atoms with Gasteiger partial charge in [0.05, 0.1) is 5.52 Å². The van der Waals surface area contributed by atoms with Crippen LogP contribution in [0.25, 0.3) is 17.0 Å². The van der Waals surface area contributed by atoms with Gasteiger partial charge in [0.2, 0.25) is 0 Å². The van der Waals surface area contributed by atoms with Crippen molar-refractivity contribution in [1.29, 1.82) is 0 Å². The van der Waals surface area contributed by atoms with Crippen molar-refractivity contribution < 1.29 is 0 Å². The lowest BCUT2D eigenvalue weighted by molar-refractivity contribution is 0.218. The zero-order valence-corrected chi connectivity index (χ0v) is 10.3. The smallest absolute Gasteiger partial charge is 0.116 e. The molecule has 1 aromatic heterocycles. The molecule has 0 spiro atoms. The van der Waals surface area contributed by atoms with Crippen LogP contribution < -0.4 is 0 Å². The van der Waals surface area contributed by atoms with Crippen molar-refractivity contribution in [2.24, 2.45) is 11.8 Å². The molecule has 0 radical (unpaired) electrons. The lowest BCUT2D eigenvalue weighted by atomic mass is 9.61. The third-order valence-corrected chi connectivity index (χ3v) is 4.48. The molecule has 2 aromatic rings. The fourth-order valence-corrected chi connectivity index (χ4v) is 3.49. The molecular formula is C16H16N2. The summed E-state index contributed by atoms with van der Waals surface area (Å²) >= 11 is 0. The first-order valence-electron chi connectivity index (χ1n) is 6.81. The molecule has 2 nitrogen and oxygen atoms in total. The Kier molecular flexibility index (Phi) is 2.22. The molecule has 0 saturated heterocycles. The fraction of sp³-hybridized carbons (Fsp3) is 0.375. The van der Waals surface area contributed by atoms with Gasteiger partial charge in [0.1, 0.15) is 6.33 Å². The molecule has 2 aliphatic rings. The first kappa shape index (κ1) is 10.2. The Balaban J connectivity index is 1.73. The predicted octanol–water partition coefficient (Wildman–Crippen LogP) is 3.83. The van der Waals surface area contributed by atoms with Gasteiger partial charge in [-0.2, -0.15) is 0 Å². The Morgan fingerprint density at radius 2 is 2.06 bits per heavy atom. The van der Waals surface area contributed by atoms with E-state index in [4.69, 9.17) is 0 Å². The van der Waals surface area contributed by atoms with Crippen molar-refractivity contribution in [3.63, 3.8) is 0 Å². The van der Waals surface area contributed by atoms with Gasteiger partial charge < -0.3 is 0 Å². The van der Waals surface area contributed by atoms with E-state index < -0.39 is 0 Å². The molecule has 2 saturated carbocycles. The average Bonchev–Trinajstić information content (AvgIpc) is 2.45. The third-order valence-electron chi connectivity index (χ3n) is 4.48. The van der Waals surface area contributed by atoms with Crippen LogP contribution in [0.15, 0.2) is 36.3 Å². The maximum absolute atomic E-state index is 4.26. The van der Waals surface area contributed by atoms with E-state index in [0.717, 1.165) is 22.7 Å². The largest absolute Gasteiger partial charge is 0.244 e. The summed E-state index contributed by atoms with van der Waals surface area (Å²) in [5, 5.41) is 1.14. The van der Waals surface area contributed by atoms with Crippen molar-refractivity contribution in [3.8, 4) is 0 Å². The van der Waals surface area contributed by atoms with Gasteiger partial charge in [-0.05, 0) is 48.8 Å². The number of rotatable bonds is 1. The predicted molar refractivity (Wildman–Crippen MR) is 73.0 cm³/mol. The summed E-state index contributed by atoms with van der Waals surface area (Å²) in [6.07, 6.45) is 11.6. The number of fused-ring (bicyclic) bond motifs is 3. The molecule has 0 amide bonds. The minimum Gasteiger partial charge on any atom is -0.244 e. The van der Waals surface area contributed by atoms with E-state index in [1.807, 2.05) is 6.20 Å². The Morgan fingerprint density at radius 3 is 2.89 bits per heavy atom. The van der Waals surface area contributed by atoms with E-state index in [1.54, 1.807) is 11.9 Å². The quantitative estimate of drug-likeness (QED) is 0.752. The molecule has 4 rings (SSSR count). The number of aromatic nitrogens is 2. The monoisotopic (exact) mass is 236 g/mol. The summed E-state index contributed by atoms with van der Waals surface area (Å²) in [5.41, 5.74) is 4.03. The van der Waals surface area contributed by atoms with Crippen molar-refractivity contribution in [2.75, 3.05) is 0 Å². The lowest BCUT2D eigenvalue weighted by Gasteiger charge is -2.44. The summed E-state index contributed by atoms with van der Waals surface area (Å²) in [6, 6.07) is 6.48. The second-order valence-electron chi connectivity index (χ2n) is 5.55. The highest BCUT2D eigenvalue weighted by molar-refractivity contribution is 5.80. The Bertz CT molecular complexity index is 614. The van der Waals surface area contributed by atoms with E-state index in [-0.39, 0.29) is 0 Å². The molecule has 1 aromatic carbocycles. The molecule has 2 aliphatic carbocycles. The lowest BCUT2D eigenvalue weighted by Crippen LogP contribution is -2.32. The summed E-state index contributed by atoms with van der Waals surface area (Å²) < 4.78 is 0. The van der Waals surface area contributed by atoms with Crippen molar-refractivity contribution in [2.45, 2.75) is 25.7 Å². The third kappa shape index (κ3) is 1.56. The van der Waals surface area contributed by atoms with Gasteiger partial charge in [-0.15, -0.1) is 0 Å². The van der Waals surface area contributed by atoms with Crippen LogP contribution in [0.5, 0.6) is 0 Å². The van der Waals surface area contributed by atoms with Crippen LogP contribution in [0.4, 0.5) is 0 Å². The molecule has 18 heavy (non-hydrogen) atoms. The SMILES string of the molecule is C(=C1C2CCCC1C2)c1ccc2ncncc2c1.